The van der Waals surface area contributed by atoms with Gasteiger partial charge in [-0.05, 0) is 58.5 Å². The van der Waals surface area contributed by atoms with E-state index in [1.54, 1.807) is 36.4 Å². The van der Waals surface area contributed by atoms with Crippen molar-refractivity contribution in [3.8, 4) is 11.5 Å². The van der Waals surface area contributed by atoms with Gasteiger partial charge in [-0.3, -0.25) is 4.79 Å². The Kier molecular flexibility index (Phi) is 6.63. The zero-order valence-electron chi connectivity index (χ0n) is 19.4. The van der Waals surface area contributed by atoms with E-state index in [9.17, 15) is 13.2 Å². The van der Waals surface area contributed by atoms with Crippen molar-refractivity contribution in [1.29, 1.82) is 0 Å². The first kappa shape index (κ1) is 23.8. The molecule has 2 N–H and O–H groups in total. The van der Waals surface area contributed by atoms with Gasteiger partial charge in [0.05, 0.1) is 4.90 Å². The maximum absolute atomic E-state index is 12.6. The van der Waals surface area contributed by atoms with Crippen LogP contribution in [0.25, 0.3) is 0 Å². The Morgan fingerprint density at radius 3 is 2.18 bits per heavy atom. The van der Waals surface area contributed by atoms with Gasteiger partial charge in [-0.2, -0.15) is 0 Å². The van der Waals surface area contributed by atoms with Crippen molar-refractivity contribution in [2.24, 2.45) is 0 Å². The molecule has 1 aliphatic heterocycles. The molecule has 7 nitrogen and oxygen atoms in total. The van der Waals surface area contributed by atoms with Crippen LogP contribution in [0.1, 0.15) is 47.8 Å². The normalized spacial score (nSPS) is 13.0. The second-order valence-electron chi connectivity index (χ2n) is 9.17. The standard InChI is InChI=1S/C26H28N2O5S/c1-26(2,3)21-9-11-22(12-10-21)34(30,31)28-16-18-4-7-20(8-5-18)25(29)27-15-19-6-13-23-24(14-19)33-17-32-23/h4-14,28H,15-17H2,1-3H3,(H,27,29). The lowest BCUT2D eigenvalue weighted by molar-refractivity contribution is 0.0950. The zero-order chi connectivity index (χ0) is 24.3. The molecule has 0 unspecified atom stereocenters. The van der Waals surface area contributed by atoms with Gasteiger partial charge in [0.15, 0.2) is 11.5 Å². The van der Waals surface area contributed by atoms with E-state index in [0.29, 0.717) is 23.6 Å². The minimum Gasteiger partial charge on any atom is -0.454 e. The molecule has 0 spiro atoms. The van der Waals surface area contributed by atoms with Crippen molar-refractivity contribution in [2.75, 3.05) is 6.79 Å². The fraction of sp³-hybridized carbons (Fsp3) is 0.269. The molecule has 0 aliphatic carbocycles. The highest BCUT2D eigenvalue weighted by Crippen LogP contribution is 2.32. The van der Waals surface area contributed by atoms with E-state index in [0.717, 1.165) is 16.7 Å². The molecule has 4 rings (SSSR count). The van der Waals surface area contributed by atoms with Gasteiger partial charge in [0, 0.05) is 18.7 Å². The summed E-state index contributed by atoms with van der Waals surface area (Å²) in [5.74, 6) is 1.15. The van der Waals surface area contributed by atoms with Gasteiger partial charge in [0.2, 0.25) is 16.8 Å². The molecule has 0 saturated heterocycles. The summed E-state index contributed by atoms with van der Waals surface area (Å²) in [5, 5.41) is 2.87. The molecule has 178 valence electrons. The molecule has 0 aromatic heterocycles. The van der Waals surface area contributed by atoms with Crippen molar-refractivity contribution in [3.63, 3.8) is 0 Å². The second kappa shape index (κ2) is 9.48. The summed E-state index contributed by atoms with van der Waals surface area (Å²) in [7, 11) is -3.64. The molecule has 1 heterocycles. The predicted molar refractivity (Wildman–Crippen MR) is 129 cm³/mol. The topological polar surface area (TPSA) is 93.7 Å². The average molecular weight is 481 g/mol. The van der Waals surface area contributed by atoms with Crippen molar-refractivity contribution in [3.05, 3.63) is 89.0 Å². The molecule has 8 heteroatoms. The van der Waals surface area contributed by atoms with Crippen LogP contribution >= 0.6 is 0 Å². The third kappa shape index (κ3) is 5.58. The average Bonchev–Trinajstić information content (AvgIpc) is 3.29. The van der Waals surface area contributed by atoms with E-state index in [-0.39, 0.29) is 29.6 Å². The number of amides is 1. The maximum atomic E-state index is 12.6. The molecule has 0 saturated carbocycles. The minimum absolute atomic E-state index is 0.0474. The first-order valence-electron chi connectivity index (χ1n) is 11.0. The third-order valence-corrected chi connectivity index (χ3v) is 7.02. The largest absolute Gasteiger partial charge is 0.454 e. The Morgan fingerprint density at radius 2 is 1.50 bits per heavy atom. The van der Waals surface area contributed by atoms with Gasteiger partial charge in [-0.15, -0.1) is 0 Å². The third-order valence-electron chi connectivity index (χ3n) is 5.60. The van der Waals surface area contributed by atoms with Gasteiger partial charge in [-0.25, -0.2) is 13.1 Å². The lowest BCUT2D eigenvalue weighted by Crippen LogP contribution is -2.24. The van der Waals surface area contributed by atoms with Crippen LogP contribution in [0.15, 0.2) is 71.6 Å². The number of sulfonamides is 1. The zero-order valence-corrected chi connectivity index (χ0v) is 20.2. The fourth-order valence-corrected chi connectivity index (χ4v) is 4.52. The van der Waals surface area contributed by atoms with Crippen molar-refractivity contribution in [1.82, 2.24) is 10.0 Å². The van der Waals surface area contributed by atoms with Crippen LogP contribution in [0, 0.1) is 0 Å². The Morgan fingerprint density at radius 1 is 0.853 bits per heavy atom. The first-order valence-corrected chi connectivity index (χ1v) is 12.5. The van der Waals surface area contributed by atoms with E-state index >= 15 is 0 Å². The molecule has 3 aromatic carbocycles. The minimum atomic E-state index is -3.64. The highest BCUT2D eigenvalue weighted by Gasteiger charge is 2.18. The van der Waals surface area contributed by atoms with E-state index in [4.69, 9.17) is 9.47 Å². The monoisotopic (exact) mass is 480 g/mol. The Hall–Kier alpha value is -3.36. The van der Waals surface area contributed by atoms with E-state index < -0.39 is 10.0 Å². The number of hydrogen-bond acceptors (Lipinski definition) is 5. The van der Waals surface area contributed by atoms with Gasteiger partial charge in [-0.1, -0.05) is 51.1 Å². The molecular weight excluding hydrogens is 452 g/mol. The Balaban J connectivity index is 1.32. The molecule has 3 aromatic rings. The number of carbonyl (C=O) groups is 1. The summed E-state index contributed by atoms with van der Waals surface area (Å²) in [4.78, 5) is 12.7. The summed E-state index contributed by atoms with van der Waals surface area (Å²) in [6, 6.07) is 19.3. The van der Waals surface area contributed by atoms with Crippen molar-refractivity contribution >= 4 is 15.9 Å². The fourth-order valence-electron chi connectivity index (χ4n) is 3.51. The predicted octanol–water partition coefficient (Wildman–Crippen LogP) is 4.12. The van der Waals surface area contributed by atoms with E-state index in [2.05, 4.69) is 30.8 Å². The van der Waals surface area contributed by atoms with Gasteiger partial charge < -0.3 is 14.8 Å². The highest BCUT2D eigenvalue weighted by atomic mass is 32.2. The molecule has 0 atom stereocenters. The summed E-state index contributed by atoms with van der Waals surface area (Å²) in [6.07, 6.45) is 0. The molecule has 1 aliphatic rings. The summed E-state index contributed by atoms with van der Waals surface area (Å²) in [6.45, 7) is 6.92. The Labute approximate surface area is 200 Å². The molecule has 34 heavy (non-hydrogen) atoms. The number of fused-ring (bicyclic) bond motifs is 1. The van der Waals surface area contributed by atoms with Gasteiger partial charge >= 0.3 is 0 Å². The van der Waals surface area contributed by atoms with Crippen LogP contribution in [-0.2, 0) is 28.5 Å². The van der Waals surface area contributed by atoms with Crippen LogP contribution in [-0.4, -0.2) is 21.1 Å². The number of nitrogens with one attached hydrogen (secondary N) is 2. The molecule has 0 fully saturated rings. The highest BCUT2D eigenvalue weighted by molar-refractivity contribution is 7.89. The molecular formula is C26H28N2O5S. The number of ether oxygens (including phenoxy) is 2. The van der Waals surface area contributed by atoms with Crippen molar-refractivity contribution in [2.45, 2.75) is 44.2 Å². The second-order valence-corrected chi connectivity index (χ2v) is 10.9. The maximum Gasteiger partial charge on any atom is 0.251 e. The van der Waals surface area contributed by atoms with Crippen LogP contribution in [0.2, 0.25) is 0 Å². The van der Waals surface area contributed by atoms with Gasteiger partial charge in [0.1, 0.15) is 0 Å². The Bertz CT molecular complexity index is 1280. The van der Waals surface area contributed by atoms with Crippen LogP contribution in [0.5, 0.6) is 11.5 Å². The summed E-state index contributed by atoms with van der Waals surface area (Å²) < 4.78 is 38.5. The van der Waals surface area contributed by atoms with Gasteiger partial charge in [0.25, 0.3) is 5.91 Å². The number of rotatable bonds is 7. The number of carbonyl (C=O) groups excluding carboxylic acids is 1. The van der Waals surface area contributed by atoms with E-state index in [1.807, 2.05) is 30.3 Å². The van der Waals surface area contributed by atoms with Crippen LogP contribution in [0.3, 0.4) is 0 Å². The molecule has 0 radical (unpaired) electrons. The first-order chi connectivity index (χ1) is 16.1. The molecule has 0 bridgehead atoms. The van der Waals surface area contributed by atoms with Crippen LogP contribution in [0.4, 0.5) is 0 Å². The number of hydrogen-bond donors (Lipinski definition) is 2. The van der Waals surface area contributed by atoms with Crippen LogP contribution < -0.4 is 19.5 Å². The quantitative estimate of drug-likeness (QED) is 0.531. The summed E-state index contributed by atoms with van der Waals surface area (Å²) >= 11 is 0. The lowest BCUT2D eigenvalue weighted by atomic mass is 9.87. The lowest BCUT2D eigenvalue weighted by Gasteiger charge is -2.19. The SMILES string of the molecule is CC(C)(C)c1ccc(S(=O)(=O)NCc2ccc(C(=O)NCc3ccc4c(c3)OCO4)cc2)cc1. The smallest absolute Gasteiger partial charge is 0.251 e. The van der Waals surface area contributed by atoms with E-state index in [1.165, 1.54) is 0 Å². The molecule has 1 amide bonds. The summed E-state index contributed by atoms with van der Waals surface area (Å²) in [5.41, 5.74) is 3.17. The number of benzene rings is 3. The van der Waals surface area contributed by atoms with Crippen molar-refractivity contribution < 1.29 is 22.7 Å².